The lowest BCUT2D eigenvalue weighted by molar-refractivity contribution is -0.137. The fourth-order valence-electron chi connectivity index (χ4n) is 4.64. The maximum atomic E-state index is 13.1. The van der Waals surface area contributed by atoms with Crippen molar-refractivity contribution in [1.29, 1.82) is 0 Å². The second kappa shape index (κ2) is 9.82. The average molecular weight is 471 g/mol. The fraction of sp³-hybridized carbons (Fsp3) is 0.458. The largest absolute Gasteiger partial charge is 0.481 e. The van der Waals surface area contributed by atoms with Crippen LogP contribution in [0.3, 0.4) is 0 Å². The molecule has 1 fully saturated rings. The van der Waals surface area contributed by atoms with Crippen molar-refractivity contribution in [1.82, 2.24) is 10.2 Å². The number of nitrogens with one attached hydrogen (secondary N) is 3. The van der Waals surface area contributed by atoms with Crippen molar-refractivity contribution in [2.75, 3.05) is 17.7 Å². The zero-order valence-corrected chi connectivity index (χ0v) is 19.5. The van der Waals surface area contributed by atoms with Crippen LogP contribution in [0.2, 0.25) is 0 Å². The molecule has 2 aliphatic rings. The molecule has 2 heterocycles. The van der Waals surface area contributed by atoms with Crippen LogP contribution in [0.1, 0.15) is 71.4 Å². The Morgan fingerprint density at radius 3 is 2.61 bits per heavy atom. The van der Waals surface area contributed by atoms with E-state index in [-0.39, 0.29) is 24.3 Å². The second-order valence-electron chi connectivity index (χ2n) is 8.80. The van der Waals surface area contributed by atoms with Gasteiger partial charge in [-0.25, -0.2) is 0 Å². The molecule has 33 heavy (non-hydrogen) atoms. The molecule has 1 aromatic heterocycles. The van der Waals surface area contributed by atoms with Gasteiger partial charge in [0.05, 0.1) is 16.3 Å². The molecule has 8 nitrogen and oxygen atoms in total. The zero-order valence-electron chi connectivity index (χ0n) is 18.7. The standard InChI is InChI=1S/C24H30N4O4S/c1-28(17-7-3-2-4-8-17)23(32)16-11-12-18-19(15-16)26-24(25-18,13-5-10-21(29)30)27-22(31)20-9-6-14-33-20/h6,9,11-12,14-15,17,25-26H,2-5,7-8,10,13H2,1H3,(H,27,31)(H,29,30). The molecule has 1 atom stereocenters. The maximum absolute atomic E-state index is 13.1. The quantitative estimate of drug-likeness (QED) is 0.457. The molecule has 0 saturated heterocycles. The third-order valence-electron chi connectivity index (χ3n) is 6.42. The highest BCUT2D eigenvalue weighted by atomic mass is 32.1. The van der Waals surface area contributed by atoms with E-state index in [1.165, 1.54) is 17.8 Å². The summed E-state index contributed by atoms with van der Waals surface area (Å²) in [4.78, 5) is 39.4. The molecule has 9 heteroatoms. The van der Waals surface area contributed by atoms with Crippen LogP contribution in [-0.2, 0) is 4.79 Å². The monoisotopic (exact) mass is 470 g/mol. The van der Waals surface area contributed by atoms with E-state index in [1.807, 2.05) is 29.5 Å². The van der Waals surface area contributed by atoms with E-state index >= 15 is 0 Å². The summed E-state index contributed by atoms with van der Waals surface area (Å²) in [6.07, 6.45) is 6.32. The van der Waals surface area contributed by atoms with Gasteiger partial charge in [0.15, 0.2) is 5.79 Å². The Bertz CT molecular complexity index is 1020. The molecule has 1 aromatic carbocycles. The Kier molecular flexibility index (Phi) is 6.88. The number of carboxylic acids is 1. The van der Waals surface area contributed by atoms with Crippen LogP contribution in [0.4, 0.5) is 11.4 Å². The Labute approximate surface area is 197 Å². The fourth-order valence-corrected chi connectivity index (χ4v) is 5.26. The van der Waals surface area contributed by atoms with Crippen LogP contribution in [-0.4, -0.2) is 46.7 Å². The molecular formula is C24H30N4O4S. The third kappa shape index (κ3) is 5.30. The van der Waals surface area contributed by atoms with Crippen molar-refractivity contribution in [3.63, 3.8) is 0 Å². The molecule has 0 radical (unpaired) electrons. The number of hydrogen-bond donors (Lipinski definition) is 4. The highest BCUT2D eigenvalue weighted by molar-refractivity contribution is 7.12. The molecular weight excluding hydrogens is 440 g/mol. The van der Waals surface area contributed by atoms with E-state index in [1.54, 1.807) is 18.2 Å². The molecule has 4 rings (SSSR count). The van der Waals surface area contributed by atoms with Gasteiger partial charge in [0.2, 0.25) is 0 Å². The van der Waals surface area contributed by atoms with Crippen molar-refractivity contribution in [2.45, 2.75) is 63.2 Å². The van der Waals surface area contributed by atoms with Gasteiger partial charge in [0.1, 0.15) is 0 Å². The second-order valence-corrected chi connectivity index (χ2v) is 9.75. The number of hydrogen-bond acceptors (Lipinski definition) is 6. The van der Waals surface area contributed by atoms with Crippen molar-refractivity contribution in [2.24, 2.45) is 0 Å². The van der Waals surface area contributed by atoms with Crippen LogP contribution < -0.4 is 16.0 Å². The molecule has 0 spiro atoms. The van der Waals surface area contributed by atoms with E-state index in [0.717, 1.165) is 31.4 Å². The third-order valence-corrected chi connectivity index (χ3v) is 7.29. The molecule has 0 bridgehead atoms. The molecule has 2 aromatic rings. The van der Waals surface area contributed by atoms with Crippen LogP contribution in [0, 0.1) is 0 Å². The molecule has 1 aliphatic carbocycles. The number of carbonyl (C=O) groups excluding carboxylic acids is 2. The van der Waals surface area contributed by atoms with Gasteiger partial charge in [-0.15, -0.1) is 11.3 Å². The Balaban J connectivity index is 1.52. The zero-order chi connectivity index (χ0) is 23.4. The highest BCUT2D eigenvalue weighted by Gasteiger charge is 2.38. The van der Waals surface area contributed by atoms with Gasteiger partial charge in [-0.1, -0.05) is 25.3 Å². The predicted octanol–water partition coefficient (Wildman–Crippen LogP) is 4.33. The molecule has 1 unspecified atom stereocenters. The van der Waals surface area contributed by atoms with E-state index < -0.39 is 11.8 Å². The minimum atomic E-state index is -1.03. The number of benzene rings is 1. The van der Waals surface area contributed by atoms with Crippen molar-refractivity contribution in [3.05, 3.63) is 46.2 Å². The van der Waals surface area contributed by atoms with Crippen LogP contribution in [0.25, 0.3) is 0 Å². The first kappa shape index (κ1) is 23.1. The molecule has 1 saturated carbocycles. The number of carbonyl (C=O) groups is 3. The molecule has 2 amide bonds. The summed E-state index contributed by atoms with van der Waals surface area (Å²) in [5.74, 6) is -2.18. The first-order valence-electron chi connectivity index (χ1n) is 11.4. The number of nitrogens with zero attached hydrogens (tertiary/aromatic N) is 1. The summed E-state index contributed by atoms with van der Waals surface area (Å²) < 4.78 is 0. The van der Waals surface area contributed by atoms with Crippen molar-refractivity contribution < 1.29 is 19.5 Å². The van der Waals surface area contributed by atoms with Crippen LogP contribution in [0.5, 0.6) is 0 Å². The number of amides is 2. The van der Waals surface area contributed by atoms with Gasteiger partial charge in [-0.3, -0.25) is 14.4 Å². The smallest absolute Gasteiger partial charge is 0.303 e. The summed E-state index contributed by atoms with van der Waals surface area (Å²) >= 11 is 1.34. The summed E-state index contributed by atoms with van der Waals surface area (Å²) in [7, 11) is 1.87. The normalized spacial score (nSPS) is 19.8. The van der Waals surface area contributed by atoms with Crippen LogP contribution >= 0.6 is 11.3 Å². The lowest BCUT2D eigenvalue weighted by Gasteiger charge is -2.32. The Morgan fingerprint density at radius 2 is 1.91 bits per heavy atom. The number of anilines is 2. The van der Waals surface area contributed by atoms with E-state index in [0.29, 0.717) is 29.0 Å². The number of carboxylic acid groups (broad SMARTS) is 1. The summed E-state index contributed by atoms with van der Waals surface area (Å²) in [5, 5.41) is 20.5. The molecule has 176 valence electrons. The predicted molar refractivity (Wildman–Crippen MR) is 129 cm³/mol. The minimum Gasteiger partial charge on any atom is -0.481 e. The van der Waals surface area contributed by atoms with Gasteiger partial charge in [-0.2, -0.15) is 0 Å². The number of rotatable bonds is 8. The van der Waals surface area contributed by atoms with Gasteiger partial charge in [0, 0.05) is 31.5 Å². The minimum absolute atomic E-state index is 0.00769. The number of fused-ring (bicyclic) bond motifs is 1. The Hall–Kier alpha value is -3.07. The highest BCUT2D eigenvalue weighted by Crippen LogP contribution is 2.36. The van der Waals surface area contributed by atoms with Gasteiger partial charge in [0.25, 0.3) is 11.8 Å². The summed E-state index contributed by atoms with van der Waals surface area (Å²) in [6.45, 7) is 0. The lowest BCUT2D eigenvalue weighted by Crippen LogP contribution is -2.57. The van der Waals surface area contributed by atoms with Crippen molar-refractivity contribution in [3.8, 4) is 0 Å². The van der Waals surface area contributed by atoms with Crippen LogP contribution in [0.15, 0.2) is 35.7 Å². The van der Waals surface area contributed by atoms with Gasteiger partial charge >= 0.3 is 5.97 Å². The SMILES string of the molecule is CN(C(=O)c1ccc2c(c1)NC(CCCC(=O)O)(NC(=O)c1cccs1)N2)C1CCCCC1. The van der Waals surface area contributed by atoms with Crippen molar-refractivity contribution >= 4 is 40.5 Å². The van der Waals surface area contributed by atoms with E-state index in [4.69, 9.17) is 5.11 Å². The van der Waals surface area contributed by atoms with E-state index in [2.05, 4.69) is 16.0 Å². The maximum Gasteiger partial charge on any atom is 0.303 e. The Morgan fingerprint density at radius 1 is 1.15 bits per heavy atom. The number of aliphatic carboxylic acids is 1. The topological polar surface area (TPSA) is 111 Å². The summed E-state index contributed by atoms with van der Waals surface area (Å²) in [6, 6.07) is 9.25. The van der Waals surface area contributed by atoms with Gasteiger partial charge in [-0.05, 0) is 48.9 Å². The number of thiophene rings is 1. The first-order chi connectivity index (χ1) is 15.9. The molecule has 4 N–H and O–H groups in total. The van der Waals surface area contributed by atoms with Gasteiger partial charge < -0.3 is 26.0 Å². The van der Waals surface area contributed by atoms with E-state index in [9.17, 15) is 14.4 Å². The first-order valence-corrected chi connectivity index (χ1v) is 12.3. The average Bonchev–Trinajstić information content (AvgIpc) is 3.46. The lowest BCUT2D eigenvalue weighted by atomic mass is 9.94. The molecule has 1 aliphatic heterocycles. The summed E-state index contributed by atoms with van der Waals surface area (Å²) in [5.41, 5.74) is 2.05.